The third-order valence-electron chi connectivity index (χ3n) is 3.88. The van der Waals surface area contributed by atoms with Crippen LogP contribution in [0.5, 0.6) is 5.75 Å². The fraction of sp³-hybridized carbons (Fsp3) is 0.350. The van der Waals surface area contributed by atoms with Gasteiger partial charge in [-0.05, 0) is 41.7 Å². The molecule has 0 bridgehead atoms. The third kappa shape index (κ3) is 6.85. The molecule has 2 aromatic carbocycles. The van der Waals surface area contributed by atoms with Crippen molar-refractivity contribution >= 4 is 11.7 Å². The monoisotopic (exact) mass is 342 g/mol. The van der Waals surface area contributed by atoms with E-state index in [0.29, 0.717) is 19.6 Å². The molecule has 0 saturated heterocycles. The number of amides is 2. The number of urea groups is 1. The molecule has 0 heterocycles. The maximum atomic E-state index is 11.9. The highest BCUT2D eigenvalue weighted by atomic mass is 16.5. The van der Waals surface area contributed by atoms with Gasteiger partial charge in [-0.3, -0.25) is 0 Å². The number of carbonyl (C=O) groups is 1. The number of benzene rings is 2. The minimum absolute atomic E-state index is 0.114. The summed E-state index contributed by atoms with van der Waals surface area (Å²) in [5, 5.41) is 14.6. The lowest BCUT2D eigenvalue weighted by Crippen LogP contribution is -2.37. The van der Waals surface area contributed by atoms with Crippen LogP contribution < -0.4 is 15.4 Å². The number of rotatable bonds is 8. The smallest absolute Gasteiger partial charge is 0.319 e. The topological polar surface area (TPSA) is 70.6 Å². The zero-order chi connectivity index (χ0) is 18.1. The molecule has 0 radical (unpaired) electrons. The molecule has 0 saturated carbocycles. The van der Waals surface area contributed by atoms with Gasteiger partial charge in [0.05, 0.1) is 0 Å². The van der Waals surface area contributed by atoms with E-state index in [1.165, 1.54) is 0 Å². The number of anilines is 1. The molecule has 0 aliphatic carbocycles. The van der Waals surface area contributed by atoms with Crippen LogP contribution in [0.15, 0.2) is 54.6 Å². The van der Waals surface area contributed by atoms with Crippen molar-refractivity contribution in [1.82, 2.24) is 5.32 Å². The predicted molar refractivity (Wildman–Crippen MR) is 99.7 cm³/mol. The van der Waals surface area contributed by atoms with Crippen LogP contribution in [0, 0.1) is 5.41 Å². The molecule has 0 fully saturated rings. The highest BCUT2D eigenvalue weighted by molar-refractivity contribution is 5.89. The summed E-state index contributed by atoms with van der Waals surface area (Å²) in [5.41, 5.74) is 1.62. The quantitative estimate of drug-likeness (QED) is 0.683. The van der Waals surface area contributed by atoms with Crippen LogP contribution in [0.3, 0.4) is 0 Å². The maximum absolute atomic E-state index is 11.9. The molecule has 5 heteroatoms. The predicted octanol–water partition coefficient (Wildman–Crippen LogP) is 3.80. The van der Waals surface area contributed by atoms with Crippen LogP contribution >= 0.6 is 0 Å². The zero-order valence-corrected chi connectivity index (χ0v) is 14.8. The maximum Gasteiger partial charge on any atom is 0.319 e. The Morgan fingerprint density at radius 1 is 1.08 bits per heavy atom. The minimum Gasteiger partial charge on any atom is -0.489 e. The summed E-state index contributed by atoms with van der Waals surface area (Å²) in [6, 6.07) is 16.9. The van der Waals surface area contributed by atoms with Gasteiger partial charge < -0.3 is 20.5 Å². The zero-order valence-electron chi connectivity index (χ0n) is 14.8. The summed E-state index contributed by atoms with van der Waals surface area (Å²) in [6.07, 6.45) is 0.642. The van der Waals surface area contributed by atoms with E-state index < -0.39 is 0 Å². The van der Waals surface area contributed by atoms with Crippen molar-refractivity contribution in [2.45, 2.75) is 26.9 Å². The molecule has 3 N–H and O–H groups in total. The van der Waals surface area contributed by atoms with E-state index in [0.717, 1.165) is 17.0 Å². The molecule has 2 rings (SSSR count). The number of aliphatic hydroxyl groups excluding tert-OH is 1. The van der Waals surface area contributed by atoms with Gasteiger partial charge in [-0.15, -0.1) is 0 Å². The van der Waals surface area contributed by atoms with Crippen LogP contribution in [0.2, 0.25) is 0 Å². The average Bonchev–Trinajstić information content (AvgIpc) is 2.60. The SMILES string of the molecule is CC(C)(CCO)CNC(=O)Nc1ccc(COc2ccccc2)cc1. The highest BCUT2D eigenvalue weighted by Gasteiger charge is 2.18. The van der Waals surface area contributed by atoms with Gasteiger partial charge in [0.15, 0.2) is 0 Å². The molecule has 0 aliphatic heterocycles. The number of nitrogens with one attached hydrogen (secondary N) is 2. The van der Waals surface area contributed by atoms with Crippen LogP contribution in [0.4, 0.5) is 10.5 Å². The van der Waals surface area contributed by atoms with E-state index in [1.807, 2.05) is 68.4 Å². The van der Waals surface area contributed by atoms with Crippen LogP contribution in [-0.4, -0.2) is 24.3 Å². The van der Waals surface area contributed by atoms with Crippen LogP contribution in [0.1, 0.15) is 25.8 Å². The van der Waals surface area contributed by atoms with Crippen LogP contribution in [0.25, 0.3) is 0 Å². The lowest BCUT2D eigenvalue weighted by Gasteiger charge is -2.23. The fourth-order valence-corrected chi connectivity index (χ4v) is 2.25. The first kappa shape index (κ1) is 18.8. The molecule has 0 aromatic heterocycles. The molecule has 25 heavy (non-hydrogen) atoms. The van der Waals surface area contributed by atoms with Gasteiger partial charge in [0.25, 0.3) is 0 Å². The molecular formula is C20H26N2O3. The van der Waals surface area contributed by atoms with Crippen molar-refractivity contribution in [3.63, 3.8) is 0 Å². The van der Waals surface area contributed by atoms with Gasteiger partial charge >= 0.3 is 6.03 Å². The summed E-state index contributed by atoms with van der Waals surface area (Å²) in [7, 11) is 0. The van der Waals surface area contributed by atoms with E-state index in [4.69, 9.17) is 9.84 Å². The van der Waals surface area contributed by atoms with Crippen molar-refractivity contribution in [3.8, 4) is 5.75 Å². The van der Waals surface area contributed by atoms with Crippen molar-refractivity contribution in [2.24, 2.45) is 5.41 Å². The van der Waals surface area contributed by atoms with Gasteiger partial charge in [-0.2, -0.15) is 0 Å². The first-order chi connectivity index (χ1) is 12.0. The Hall–Kier alpha value is -2.53. The molecule has 5 nitrogen and oxygen atoms in total. The highest BCUT2D eigenvalue weighted by Crippen LogP contribution is 2.18. The van der Waals surface area contributed by atoms with E-state index in [1.54, 1.807) is 0 Å². The largest absolute Gasteiger partial charge is 0.489 e. The Labute approximate surface area is 149 Å². The molecule has 2 amide bonds. The van der Waals surface area contributed by atoms with Crippen LogP contribution in [-0.2, 0) is 6.61 Å². The van der Waals surface area contributed by atoms with Crippen molar-refractivity contribution in [2.75, 3.05) is 18.5 Å². The Bertz CT molecular complexity index is 654. The molecular weight excluding hydrogens is 316 g/mol. The molecule has 0 spiro atoms. The Kier molecular flexibility index (Phi) is 6.83. The van der Waals surface area contributed by atoms with Gasteiger partial charge in [0.2, 0.25) is 0 Å². The average molecular weight is 342 g/mol. The van der Waals surface area contributed by atoms with E-state index >= 15 is 0 Å². The fourth-order valence-electron chi connectivity index (χ4n) is 2.25. The summed E-state index contributed by atoms with van der Waals surface area (Å²) >= 11 is 0. The lowest BCUT2D eigenvalue weighted by molar-refractivity contribution is 0.204. The third-order valence-corrected chi connectivity index (χ3v) is 3.88. The summed E-state index contributed by atoms with van der Waals surface area (Å²) in [5.74, 6) is 0.828. The number of aliphatic hydroxyl groups is 1. The minimum atomic E-state index is -0.251. The van der Waals surface area contributed by atoms with Gasteiger partial charge in [-0.25, -0.2) is 4.79 Å². The first-order valence-electron chi connectivity index (χ1n) is 8.41. The second-order valence-electron chi connectivity index (χ2n) is 6.74. The Morgan fingerprint density at radius 3 is 2.40 bits per heavy atom. The second-order valence-corrected chi connectivity index (χ2v) is 6.74. The van der Waals surface area contributed by atoms with E-state index in [-0.39, 0.29) is 18.1 Å². The van der Waals surface area contributed by atoms with Crippen molar-refractivity contribution < 1.29 is 14.6 Å². The van der Waals surface area contributed by atoms with E-state index in [9.17, 15) is 4.79 Å². The summed E-state index contributed by atoms with van der Waals surface area (Å²) in [6.45, 7) is 5.10. The number of para-hydroxylation sites is 1. The number of carbonyl (C=O) groups excluding carboxylic acids is 1. The van der Waals surface area contributed by atoms with Gasteiger partial charge in [-0.1, -0.05) is 44.2 Å². The molecule has 2 aromatic rings. The first-order valence-corrected chi connectivity index (χ1v) is 8.41. The van der Waals surface area contributed by atoms with Crippen molar-refractivity contribution in [3.05, 3.63) is 60.2 Å². The van der Waals surface area contributed by atoms with Crippen molar-refractivity contribution in [1.29, 1.82) is 0 Å². The van der Waals surface area contributed by atoms with E-state index in [2.05, 4.69) is 10.6 Å². The molecule has 0 aliphatic rings. The van der Waals surface area contributed by atoms with Gasteiger partial charge in [0.1, 0.15) is 12.4 Å². The number of hydrogen-bond acceptors (Lipinski definition) is 3. The molecule has 134 valence electrons. The second kappa shape index (κ2) is 9.08. The summed E-state index contributed by atoms with van der Waals surface area (Å²) < 4.78 is 5.69. The summed E-state index contributed by atoms with van der Waals surface area (Å²) in [4.78, 5) is 11.9. The Morgan fingerprint density at radius 2 is 1.76 bits per heavy atom. The number of ether oxygens (including phenoxy) is 1. The molecule has 0 unspecified atom stereocenters. The van der Waals surface area contributed by atoms with Gasteiger partial charge in [0, 0.05) is 18.8 Å². The number of hydrogen-bond donors (Lipinski definition) is 3. The Balaban J connectivity index is 1.78. The lowest BCUT2D eigenvalue weighted by atomic mass is 9.90. The normalized spacial score (nSPS) is 11.0. The standard InChI is InChI=1S/C20H26N2O3/c1-20(2,12-13-23)15-21-19(24)22-17-10-8-16(9-11-17)14-25-18-6-4-3-5-7-18/h3-11,23H,12-15H2,1-2H3,(H2,21,22,24). The molecule has 0 atom stereocenters.